The highest BCUT2D eigenvalue weighted by Crippen LogP contribution is 2.36. The van der Waals surface area contributed by atoms with Crippen molar-refractivity contribution in [1.29, 1.82) is 0 Å². The predicted octanol–water partition coefficient (Wildman–Crippen LogP) is 4.18. The average Bonchev–Trinajstić information content (AvgIpc) is 2.41. The molecule has 1 atom stereocenters. The Morgan fingerprint density at radius 1 is 1.26 bits per heavy atom. The Morgan fingerprint density at radius 3 is 3.00 bits per heavy atom. The average molecular weight is 272 g/mol. The van der Waals surface area contributed by atoms with E-state index in [-0.39, 0.29) is 0 Å². The van der Waals surface area contributed by atoms with E-state index in [1.54, 1.807) is 0 Å². The molecule has 1 N–H and O–H groups in total. The lowest BCUT2D eigenvalue weighted by Crippen LogP contribution is -2.41. The first kappa shape index (κ1) is 12.8. The number of pyridine rings is 1. The first-order valence-corrected chi connectivity index (χ1v) is 8.00. The number of fused-ring (bicyclic) bond motifs is 1. The second-order valence-corrected chi connectivity index (χ2v) is 7.04. The summed E-state index contributed by atoms with van der Waals surface area (Å²) in [4.78, 5) is 4.43. The van der Waals surface area contributed by atoms with Gasteiger partial charge in [-0.3, -0.25) is 4.98 Å². The van der Waals surface area contributed by atoms with Gasteiger partial charge in [-0.15, -0.1) is 0 Å². The molecule has 3 rings (SSSR count). The van der Waals surface area contributed by atoms with Crippen LogP contribution in [-0.4, -0.2) is 22.5 Å². The fourth-order valence-electron chi connectivity index (χ4n) is 2.59. The van der Waals surface area contributed by atoms with Gasteiger partial charge < -0.3 is 5.32 Å². The second kappa shape index (κ2) is 5.04. The summed E-state index contributed by atoms with van der Waals surface area (Å²) in [6.07, 6.45) is 3.13. The van der Waals surface area contributed by atoms with Gasteiger partial charge in [0.25, 0.3) is 0 Å². The summed E-state index contributed by atoms with van der Waals surface area (Å²) in [6, 6.07) is 11.0. The Morgan fingerprint density at radius 2 is 2.16 bits per heavy atom. The lowest BCUT2D eigenvalue weighted by atomic mass is 9.82. The predicted molar refractivity (Wildman–Crippen MR) is 84.9 cm³/mol. The number of anilines is 1. The maximum absolute atomic E-state index is 4.43. The van der Waals surface area contributed by atoms with E-state index in [9.17, 15) is 0 Å². The number of nitrogens with one attached hydrogen (secondary N) is 1. The van der Waals surface area contributed by atoms with E-state index in [2.05, 4.69) is 60.2 Å². The normalized spacial score (nSPS) is 22.3. The molecule has 0 radical (unpaired) electrons. The van der Waals surface area contributed by atoms with E-state index in [1.165, 1.54) is 29.0 Å². The minimum Gasteiger partial charge on any atom is -0.380 e. The molecule has 0 aliphatic carbocycles. The van der Waals surface area contributed by atoms with Crippen molar-refractivity contribution in [1.82, 2.24) is 4.98 Å². The van der Waals surface area contributed by atoms with Gasteiger partial charge in [0, 0.05) is 29.1 Å². The first-order valence-electron chi connectivity index (χ1n) is 6.85. The number of thioether (sulfide) groups is 1. The summed E-state index contributed by atoms with van der Waals surface area (Å²) in [5.41, 5.74) is 2.63. The lowest BCUT2D eigenvalue weighted by molar-refractivity contribution is 0.305. The molecule has 0 saturated carbocycles. The van der Waals surface area contributed by atoms with Crippen LogP contribution in [0.4, 0.5) is 5.69 Å². The number of hydrogen-bond donors (Lipinski definition) is 1. The van der Waals surface area contributed by atoms with Crippen LogP contribution < -0.4 is 5.32 Å². The molecule has 0 amide bonds. The molecule has 1 aliphatic heterocycles. The highest BCUT2D eigenvalue weighted by atomic mass is 32.2. The van der Waals surface area contributed by atoms with Crippen LogP contribution in [-0.2, 0) is 0 Å². The third kappa shape index (κ3) is 2.57. The molecule has 2 heterocycles. The fourth-order valence-corrected chi connectivity index (χ4v) is 4.20. The van der Waals surface area contributed by atoms with Crippen LogP contribution >= 0.6 is 11.8 Å². The standard InChI is InChI=1S/C16H20N2S/c1-16(2)8-10-19-11-15(16)18-14-7-3-6-13-12(14)5-4-9-17-13/h3-7,9,15,18H,8,10-11H2,1-2H3. The van der Waals surface area contributed by atoms with Gasteiger partial charge in [-0.2, -0.15) is 11.8 Å². The van der Waals surface area contributed by atoms with Crippen molar-refractivity contribution in [3.8, 4) is 0 Å². The van der Waals surface area contributed by atoms with Crippen LogP contribution in [0.2, 0.25) is 0 Å². The molecule has 1 aromatic heterocycles. The van der Waals surface area contributed by atoms with E-state index in [1.807, 2.05) is 12.3 Å². The Bertz CT molecular complexity index is 574. The highest BCUT2D eigenvalue weighted by Gasteiger charge is 2.32. The molecule has 1 saturated heterocycles. The number of nitrogens with zero attached hydrogens (tertiary/aromatic N) is 1. The Labute approximate surface area is 119 Å². The Balaban J connectivity index is 1.93. The van der Waals surface area contributed by atoms with E-state index in [0.717, 1.165) is 5.52 Å². The monoisotopic (exact) mass is 272 g/mol. The fraction of sp³-hybridized carbons (Fsp3) is 0.438. The van der Waals surface area contributed by atoms with Crippen LogP contribution in [0.5, 0.6) is 0 Å². The zero-order chi connectivity index (χ0) is 13.3. The quantitative estimate of drug-likeness (QED) is 0.888. The summed E-state index contributed by atoms with van der Waals surface area (Å²) in [7, 11) is 0. The van der Waals surface area contributed by atoms with Crippen molar-refractivity contribution in [2.24, 2.45) is 5.41 Å². The molecule has 1 aromatic carbocycles. The van der Waals surface area contributed by atoms with E-state index in [0.29, 0.717) is 11.5 Å². The third-order valence-corrected chi connectivity index (χ3v) is 5.16. The molecule has 1 fully saturated rings. The Kier molecular flexibility index (Phi) is 3.40. The topological polar surface area (TPSA) is 24.9 Å². The molecule has 0 bridgehead atoms. The summed E-state index contributed by atoms with van der Waals surface area (Å²) in [5.74, 6) is 2.46. The summed E-state index contributed by atoms with van der Waals surface area (Å²) in [6.45, 7) is 4.74. The van der Waals surface area contributed by atoms with Crippen molar-refractivity contribution in [2.75, 3.05) is 16.8 Å². The van der Waals surface area contributed by atoms with Gasteiger partial charge >= 0.3 is 0 Å². The SMILES string of the molecule is CC1(C)CCSCC1Nc1cccc2ncccc12. The molecule has 19 heavy (non-hydrogen) atoms. The lowest BCUT2D eigenvalue weighted by Gasteiger charge is -2.39. The molecular weight excluding hydrogens is 252 g/mol. The van der Waals surface area contributed by atoms with Crippen LogP contribution in [0, 0.1) is 5.41 Å². The van der Waals surface area contributed by atoms with Crippen LogP contribution in [0.3, 0.4) is 0 Å². The maximum Gasteiger partial charge on any atom is 0.0722 e. The molecule has 0 spiro atoms. The van der Waals surface area contributed by atoms with Crippen LogP contribution in [0.15, 0.2) is 36.5 Å². The molecule has 1 unspecified atom stereocenters. The van der Waals surface area contributed by atoms with Crippen molar-refractivity contribution >= 4 is 28.4 Å². The molecule has 100 valence electrons. The zero-order valence-electron chi connectivity index (χ0n) is 11.5. The summed E-state index contributed by atoms with van der Waals surface area (Å²) < 4.78 is 0. The van der Waals surface area contributed by atoms with Crippen molar-refractivity contribution in [3.63, 3.8) is 0 Å². The van der Waals surface area contributed by atoms with Gasteiger partial charge in [-0.1, -0.05) is 19.9 Å². The molecule has 1 aliphatic rings. The minimum absolute atomic E-state index is 0.357. The van der Waals surface area contributed by atoms with E-state index < -0.39 is 0 Å². The van der Waals surface area contributed by atoms with Crippen molar-refractivity contribution in [3.05, 3.63) is 36.5 Å². The second-order valence-electron chi connectivity index (χ2n) is 5.89. The highest BCUT2D eigenvalue weighted by molar-refractivity contribution is 7.99. The van der Waals surface area contributed by atoms with Gasteiger partial charge in [0.15, 0.2) is 0 Å². The molecule has 3 heteroatoms. The van der Waals surface area contributed by atoms with Crippen molar-refractivity contribution in [2.45, 2.75) is 26.3 Å². The summed E-state index contributed by atoms with van der Waals surface area (Å²) in [5, 5.41) is 4.97. The van der Waals surface area contributed by atoms with E-state index >= 15 is 0 Å². The van der Waals surface area contributed by atoms with Gasteiger partial charge in [0.05, 0.1) is 5.52 Å². The molecular formula is C16H20N2S. The first-order chi connectivity index (χ1) is 9.17. The number of benzene rings is 1. The number of hydrogen-bond acceptors (Lipinski definition) is 3. The van der Waals surface area contributed by atoms with Gasteiger partial charge in [0.1, 0.15) is 0 Å². The van der Waals surface area contributed by atoms with E-state index in [4.69, 9.17) is 0 Å². The zero-order valence-corrected chi connectivity index (χ0v) is 12.3. The van der Waals surface area contributed by atoms with Gasteiger partial charge in [0.2, 0.25) is 0 Å². The van der Waals surface area contributed by atoms with Gasteiger partial charge in [-0.25, -0.2) is 0 Å². The van der Waals surface area contributed by atoms with Crippen LogP contribution in [0.1, 0.15) is 20.3 Å². The van der Waals surface area contributed by atoms with Gasteiger partial charge in [-0.05, 0) is 41.9 Å². The molecule has 2 nitrogen and oxygen atoms in total. The summed E-state index contributed by atoms with van der Waals surface area (Å²) >= 11 is 2.05. The number of aromatic nitrogens is 1. The molecule has 2 aromatic rings. The van der Waals surface area contributed by atoms with Crippen molar-refractivity contribution < 1.29 is 0 Å². The minimum atomic E-state index is 0.357. The Hall–Kier alpha value is -1.22. The third-order valence-electron chi connectivity index (χ3n) is 4.09. The smallest absolute Gasteiger partial charge is 0.0722 e. The largest absolute Gasteiger partial charge is 0.380 e. The number of rotatable bonds is 2. The van der Waals surface area contributed by atoms with Crippen LogP contribution in [0.25, 0.3) is 10.9 Å². The maximum atomic E-state index is 4.43.